The first-order valence-corrected chi connectivity index (χ1v) is 9.62. The summed E-state index contributed by atoms with van der Waals surface area (Å²) in [6.07, 6.45) is 1.59. The van der Waals surface area contributed by atoms with E-state index in [1.54, 1.807) is 17.7 Å². The van der Waals surface area contributed by atoms with Crippen LogP contribution in [0, 0.1) is 12.8 Å². The number of hydrogen-bond acceptors (Lipinski definition) is 6. The Morgan fingerprint density at radius 2 is 2.15 bits per heavy atom. The number of nitrogens with zero attached hydrogens (tertiary/aromatic N) is 5. The van der Waals surface area contributed by atoms with E-state index in [1.807, 2.05) is 23.4 Å². The SMILES string of the molecule is Cc1cc2c(NCc3cc4n(n3)CCN(C(=O)C(C)C)C4)ncnc2s1. The van der Waals surface area contributed by atoms with Gasteiger partial charge in [-0.25, -0.2) is 9.97 Å². The van der Waals surface area contributed by atoms with Gasteiger partial charge in [0.05, 0.1) is 36.4 Å². The van der Waals surface area contributed by atoms with Crippen molar-refractivity contribution in [1.82, 2.24) is 24.6 Å². The Bertz CT molecular complexity index is 960. The highest BCUT2D eigenvalue weighted by molar-refractivity contribution is 7.18. The van der Waals surface area contributed by atoms with Crippen LogP contribution in [0.15, 0.2) is 18.5 Å². The third-order valence-electron chi connectivity index (χ3n) is 4.54. The zero-order valence-corrected chi connectivity index (χ0v) is 16.0. The van der Waals surface area contributed by atoms with Crippen LogP contribution < -0.4 is 5.32 Å². The summed E-state index contributed by atoms with van der Waals surface area (Å²) in [6, 6.07) is 4.18. The van der Waals surface area contributed by atoms with Crippen LogP contribution in [-0.4, -0.2) is 37.1 Å². The normalized spacial score (nSPS) is 14.1. The molecule has 4 heterocycles. The maximum absolute atomic E-state index is 12.2. The lowest BCUT2D eigenvalue weighted by Crippen LogP contribution is -2.40. The van der Waals surface area contributed by atoms with Gasteiger partial charge in [0.1, 0.15) is 17.0 Å². The molecule has 0 radical (unpaired) electrons. The second kappa shape index (κ2) is 6.68. The van der Waals surface area contributed by atoms with E-state index in [9.17, 15) is 4.79 Å². The molecule has 3 aromatic rings. The van der Waals surface area contributed by atoms with Crippen molar-refractivity contribution in [3.8, 4) is 0 Å². The van der Waals surface area contributed by atoms with E-state index in [0.29, 0.717) is 13.1 Å². The molecule has 0 spiro atoms. The third kappa shape index (κ3) is 3.16. The predicted octanol–water partition coefficient (Wildman–Crippen LogP) is 2.81. The Morgan fingerprint density at radius 1 is 1.31 bits per heavy atom. The van der Waals surface area contributed by atoms with Gasteiger partial charge in [0.15, 0.2) is 0 Å². The van der Waals surface area contributed by atoms with Crippen molar-refractivity contribution in [1.29, 1.82) is 0 Å². The summed E-state index contributed by atoms with van der Waals surface area (Å²) in [5.74, 6) is 1.06. The van der Waals surface area contributed by atoms with Gasteiger partial charge in [-0.15, -0.1) is 11.3 Å². The van der Waals surface area contributed by atoms with Crippen LogP contribution in [0.3, 0.4) is 0 Å². The highest BCUT2D eigenvalue weighted by atomic mass is 32.1. The average Bonchev–Trinajstić information content (AvgIpc) is 3.20. The van der Waals surface area contributed by atoms with E-state index < -0.39 is 0 Å². The van der Waals surface area contributed by atoms with Crippen molar-refractivity contribution in [2.24, 2.45) is 5.92 Å². The van der Waals surface area contributed by atoms with Gasteiger partial charge in [0, 0.05) is 17.3 Å². The van der Waals surface area contributed by atoms with Crippen molar-refractivity contribution in [2.45, 2.75) is 40.4 Å². The number of nitrogens with one attached hydrogen (secondary N) is 1. The maximum Gasteiger partial charge on any atom is 0.225 e. The van der Waals surface area contributed by atoms with Crippen LogP contribution in [-0.2, 0) is 24.4 Å². The molecular weight excluding hydrogens is 348 g/mol. The second-order valence-electron chi connectivity index (χ2n) is 6.92. The molecule has 3 aromatic heterocycles. The molecule has 0 fully saturated rings. The second-order valence-corrected chi connectivity index (χ2v) is 8.15. The minimum absolute atomic E-state index is 0.0276. The number of rotatable bonds is 4. The fourth-order valence-corrected chi connectivity index (χ4v) is 4.10. The summed E-state index contributed by atoms with van der Waals surface area (Å²) in [6.45, 7) is 8.65. The minimum atomic E-state index is 0.0276. The van der Waals surface area contributed by atoms with Crippen LogP contribution in [0.1, 0.15) is 30.1 Å². The molecule has 0 saturated carbocycles. The summed E-state index contributed by atoms with van der Waals surface area (Å²) in [5, 5.41) is 9.09. The molecule has 0 atom stereocenters. The lowest BCUT2D eigenvalue weighted by molar-refractivity contribution is -0.136. The summed E-state index contributed by atoms with van der Waals surface area (Å²) in [4.78, 5) is 25.0. The Morgan fingerprint density at radius 3 is 2.96 bits per heavy atom. The summed E-state index contributed by atoms with van der Waals surface area (Å²) >= 11 is 1.67. The molecule has 8 heteroatoms. The van der Waals surface area contributed by atoms with Gasteiger partial charge >= 0.3 is 0 Å². The molecule has 1 aliphatic heterocycles. The minimum Gasteiger partial charge on any atom is -0.364 e. The van der Waals surface area contributed by atoms with Crippen LogP contribution in [0.5, 0.6) is 0 Å². The first-order chi connectivity index (χ1) is 12.5. The fourth-order valence-electron chi connectivity index (χ4n) is 3.26. The van der Waals surface area contributed by atoms with Gasteiger partial charge in [-0.3, -0.25) is 9.48 Å². The standard InChI is InChI=1S/C18H22N6OS/c1-11(2)18(25)23-4-5-24-14(9-23)7-13(22-24)8-19-16-15-6-12(3)26-17(15)21-10-20-16/h6-7,10-11H,4-5,8-9H2,1-3H3,(H,19,20,21). The van der Waals surface area contributed by atoms with Crippen molar-refractivity contribution < 1.29 is 4.79 Å². The largest absolute Gasteiger partial charge is 0.364 e. The number of aryl methyl sites for hydroxylation is 1. The Kier molecular flexibility index (Phi) is 4.36. The van der Waals surface area contributed by atoms with Gasteiger partial charge in [-0.2, -0.15) is 5.10 Å². The zero-order chi connectivity index (χ0) is 18.3. The van der Waals surface area contributed by atoms with Crippen molar-refractivity contribution in [3.63, 3.8) is 0 Å². The van der Waals surface area contributed by atoms with Crippen molar-refractivity contribution >= 4 is 33.3 Å². The van der Waals surface area contributed by atoms with Crippen LogP contribution >= 0.6 is 11.3 Å². The average molecular weight is 370 g/mol. The van der Waals surface area contributed by atoms with Gasteiger partial charge in [-0.05, 0) is 19.1 Å². The molecule has 1 amide bonds. The number of aromatic nitrogens is 4. The molecule has 1 aliphatic rings. The number of thiophene rings is 1. The quantitative estimate of drug-likeness (QED) is 0.764. The topological polar surface area (TPSA) is 75.9 Å². The van der Waals surface area contributed by atoms with Gasteiger partial charge < -0.3 is 10.2 Å². The molecular formula is C18H22N6OS. The lowest BCUT2D eigenvalue weighted by atomic mass is 10.1. The van der Waals surface area contributed by atoms with Crippen molar-refractivity contribution in [2.75, 3.05) is 11.9 Å². The Labute approximate surface area is 156 Å². The Balaban J connectivity index is 1.48. The highest BCUT2D eigenvalue weighted by Gasteiger charge is 2.23. The van der Waals surface area contributed by atoms with Crippen LogP contribution in [0.2, 0.25) is 0 Å². The number of anilines is 1. The molecule has 1 N–H and O–H groups in total. The summed E-state index contributed by atoms with van der Waals surface area (Å²) < 4.78 is 2.01. The van der Waals surface area contributed by atoms with E-state index in [2.05, 4.69) is 39.4 Å². The number of hydrogen-bond donors (Lipinski definition) is 1. The first kappa shape index (κ1) is 17.0. The molecule has 0 aliphatic carbocycles. The van der Waals surface area contributed by atoms with Crippen LogP contribution in [0.4, 0.5) is 5.82 Å². The molecule has 0 saturated heterocycles. The van der Waals surface area contributed by atoms with Crippen LogP contribution in [0.25, 0.3) is 10.2 Å². The molecule has 26 heavy (non-hydrogen) atoms. The molecule has 4 rings (SSSR count). The lowest BCUT2D eigenvalue weighted by Gasteiger charge is -2.29. The number of carbonyl (C=O) groups excluding carboxylic acids is 1. The molecule has 0 unspecified atom stereocenters. The fraction of sp³-hybridized carbons (Fsp3) is 0.444. The number of carbonyl (C=O) groups is 1. The van der Waals surface area contributed by atoms with Gasteiger partial charge in [-0.1, -0.05) is 13.8 Å². The monoisotopic (exact) mass is 370 g/mol. The first-order valence-electron chi connectivity index (χ1n) is 8.80. The smallest absolute Gasteiger partial charge is 0.225 e. The number of fused-ring (bicyclic) bond motifs is 2. The van der Waals surface area contributed by atoms with Crippen molar-refractivity contribution in [3.05, 3.63) is 34.7 Å². The van der Waals surface area contributed by atoms with Gasteiger partial charge in [0.25, 0.3) is 0 Å². The van der Waals surface area contributed by atoms with E-state index in [-0.39, 0.29) is 11.8 Å². The van der Waals surface area contributed by atoms with E-state index in [1.165, 1.54) is 4.88 Å². The molecule has 0 aromatic carbocycles. The van der Waals surface area contributed by atoms with E-state index in [4.69, 9.17) is 0 Å². The molecule has 7 nitrogen and oxygen atoms in total. The zero-order valence-electron chi connectivity index (χ0n) is 15.2. The Hall–Kier alpha value is -2.48. The predicted molar refractivity (Wildman–Crippen MR) is 102 cm³/mol. The third-order valence-corrected chi connectivity index (χ3v) is 5.50. The van der Waals surface area contributed by atoms with E-state index >= 15 is 0 Å². The highest BCUT2D eigenvalue weighted by Crippen LogP contribution is 2.27. The van der Waals surface area contributed by atoms with E-state index in [0.717, 1.165) is 40.5 Å². The summed E-state index contributed by atoms with van der Waals surface area (Å²) in [7, 11) is 0. The maximum atomic E-state index is 12.2. The molecule has 0 bridgehead atoms. The molecule has 136 valence electrons. The summed E-state index contributed by atoms with van der Waals surface area (Å²) in [5.41, 5.74) is 2.04. The number of amides is 1. The van der Waals surface area contributed by atoms with Gasteiger partial charge in [0.2, 0.25) is 5.91 Å².